The second kappa shape index (κ2) is 6.48. The van der Waals surface area contributed by atoms with Crippen molar-refractivity contribution in [2.75, 3.05) is 13.6 Å². The largest absolute Gasteiger partial charge is 0.481 e. The maximum absolute atomic E-state index is 12.0. The molecule has 114 valence electrons. The third-order valence-corrected chi connectivity index (χ3v) is 4.54. The van der Waals surface area contributed by atoms with Crippen LogP contribution in [0.5, 0.6) is 5.75 Å². The number of fused-ring (bicyclic) bond motifs is 1. The first-order chi connectivity index (χ1) is 10.3. The predicted molar refractivity (Wildman–Crippen MR) is 82.5 cm³/mol. The minimum Gasteiger partial charge on any atom is -0.481 e. The number of ether oxygens (including phenoxy) is 1. The Bertz CT molecular complexity index is 516. The highest BCUT2D eigenvalue weighted by Crippen LogP contribution is 2.32. The van der Waals surface area contributed by atoms with E-state index in [1.165, 1.54) is 17.5 Å². The molecular weight excluding hydrogens is 264 g/mol. The zero-order chi connectivity index (χ0) is 14.7. The van der Waals surface area contributed by atoms with Crippen molar-refractivity contribution in [3.8, 4) is 5.75 Å². The molecule has 0 saturated carbocycles. The minimum atomic E-state index is -0.345. The number of nitrogens with one attached hydrogen (secondary N) is 2. The summed E-state index contributed by atoms with van der Waals surface area (Å²) in [5.41, 5.74) is 2.73. The van der Waals surface area contributed by atoms with Crippen LogP contribution in [0.25, 0.3) is 0 Å². The van der Waals surface area contributed by atoms with E-state index in [4.69, 9.17) is 4.74 Å². The highest BCUT2D eigenvalue weighted by molar-refractivity contribution is 5.81. The Labute approximate surface area is 126 Å². The van der Waals surface area contributed by atoms with Crippen molar-refractivity contribution in [1.29, 1.82) is 0 Å². The Morgan fingerprint density at radius 2 is 2.14 bits per heavy atom. The van der Waals surface area contributed by atoms with E-state index >= 15 is 0 Å². The number of hydrogen-bond donors (Lipinski definition) is 2. The van der Waals surface area contributed by atoms with Crippen LogP contribution in [0.15, 0.2) is 18.2 Å². The second-order valence-corrected chi connectivity index (χ2v) is 5.99. The van der Waals surface area contributed by atoms with Gasteiger partial charge in [-0.15, -0.1) is 0 Å². The third kappa shape index (κ3) is 3.21. The first-order valence-electron chi connectivity index (χ1n) is 8.02. The van der Waals surface area contributed by atoms with Crippen molar-refractivity contribution in [1.82, 2.24) is 10.6 Å². The molecule has 4 heteroatoms. The van der Waals surface area contributed by atoms with E-state index in [-0.39, 0.29) is 12.0 Å². The van der Waals surface area contributed by atoms with Crippen molar-refractivity contribution in [2.45, 2.75) is 50.7 Å². The summed E-state index contributed by atoms with van der Waals surface area (Å²) < 4.78 is 5.97. The first kappa shape index (κ1) is 14.4. The van der Waals surface area contributed by atoms with Gasteiger partial charge < -0.3 is 15.4 Å². The highest BCUT2D eigenvalue weighted by atomic mass is 16.5. The lowest BCUT2D eigenvalue weighted by Gasteiger charge is -2.26. The Balaban J connectivity index is 1.78. The monoisotopic (exact) mass is 288 g/mol. The SMILES string of the molecule is CNC1CCCc2ccc(OC3CCCCNC3=O)cc21. The van der Waals surface area contributed by atoms with Gasteiger partial charge in [-0.25, -0.2) is 0 Å². The molecule has 1 fully saturated rings. The van der Waals surface area contributed by atoms with Crippen LogP contribution >= 0.6 is 0 Å². The first-order valence-corrected chi connectivity index (χ1v) is 8.02. The van der Waals surface area contributed by atoms with Gasteiger partial charge in [-0.2, -0.15) is 0 Å². The Hall–Kier alpha value is -1.55. The lowest BCUT2D eigenvalue weighted by Crippen LogP contribution is -2.36. The average Bonchev–Trinajstić information content (AvgIpc) is 2.71. The molecule has 1 aromatic rings. The summed E-state index contributed by atoms with van der Waals surface area (Å²) >= 11 is 0. The maximum atomic E-state index is 12.0. The summed E-state index contributed by atoms with van der Waals surface area (Å²) in [6.07, 6.45) is 6.06. The number of hydrogen-bond acceptors (Lipinski definition) is 3. The summed E-state index contributed by atoms with van der Waals surface area (Å²) in [4.78, 5) is 12.0. The number of aryl methyl sites for hydroxylation is 1. The van der Waals surface area contributed by atoms with Gasteiger partial charge in [0.2, 0.25) is 0 Å². The highest BCUT2D eigenvalue weighted by Gasteiger charge is 2.24. The van der Waals surface area contributed by atoms with Crippen LogP contribution in [0.2, 0.25) is 0 Å². The smallest absolute Gasteiger partial charge is 0.261 e. The fourth-order valence-corrected chi connectivity index (χ4v) is 3.34. The van der Waals surface area contributed by atoms with Crippen molar-refractivity contribution in [3.05, 3.63) is 29.3 Å². The van der Waals surface area contributed by atoms with Gasteiger partial charge in [0.1, 0.15) is 5.75 Å². The van der Waals surface area contributed by atoms with Crippen LogP contribution < -0.4 is 15.4 Å². The van der Waals surface area contributed by atoms with Crippen molar-refractivity contribution in [3.63, 3.8) is 0 Å². The normalized spacial score (nSPS) is 25.7. The molecular formula is C17H24N2O2. The number of carbonyl (C=O) groups excluding carboxylic acids is 1. The molecule has 2 aliphatic rings. The molecule has 21 heavy (non-hydrogen) atoms. The van der Waals surface area contributed by atoms with Crippen molar-refractivity contribution >= 4 is 5.91 Å². The Kier molecular flexibility index (Phi) is 4.44. The summed E-state index contributed by atoms with van der Waals surface area (Å²) in [6.45, 7) is 0.769. The molecule has 1 aliphatic carbocycles. The number of carbonyl (C=O) groups is 1. The molecule has 2 N–H and O–H groups in total. The van der Waals surface area contributed by atoms with Crippen LogP contribution in [0, 0.1) is 0 Å². The fraction of sp³-hybridized carbons (Fsp3) is 0.588. The Morgan fingerprint density at radius 1 is 1.24 bits per heavy atom. The minimum absolute atomic E-state index is 0.0235. The quantitative estimate of drug-likeness (QED) is 0.897. The molecule has 0 spiro atoms. The molecule has 4 nitrogen and oxygen atoms in total. The van der Waals surface area contributed by atoms with Gasteiger partial charge in [0.15, 0.2) is 6.10 Å². The zero-order valence-corrected chi connectivity index (χ0v) is 12.7. The van der Waals surface area contributed by atoms with Crippen LogP contribution in [-0.4, -0.2) is 25.6 Å². The summed E-state index contributed by atoms with van der Waals surface area (Å²) in [7, 11) is 2.01. The predicted octanol–water partition coefficient (Wildman–Crippen LogP) is 2.33. The van der Waals surface area contributed by atoms with E-state index in [9.17, 15) is 4.79 Å². The lowest BCUT2D eigenvalue weighted by atomic mass is 9.87. The number of rotatable bonds is 3. The fourth-order valence-electron chi connectivity index (χ4n) is 3.34. The van der Waals surface area contributed by atoms with E-state index in [0.717, 1.165) is 44.4 Å². The molecule has 1 aromatic carbocycles. The van der Waals surface area contributed by atoms with Crippen molar-refractivity contribution < 1.29 is 9.53 Å². The van der Waals surface area contributed by atoms with Crippen LogP contribution in [0.3, 0.4) is 0 Å². The molecule has 2 atom stereocenters. The van der Waals surface area contributed by atoms with Gasteiger partial charge in [-0.05, 0) is 68.8 Å². The second-order valence-electron chi connectivity index (χ2n) is 5.99. The van der Waals surface area contributed by atoms with E-state index < -0.39 is 0 Å². The van der Waals surface area contributed by atoms with Gasteiger partial charge in [0, 0.05) is 12.6 Å². The maximum Gasteiger partial charge on any atom is 0.261 e. The molecule has 1 heterocycles. The molecule has 3 rings (SSSR count). The molecule has 1 aliphatic heterocycles. The summed E-state index contributed by atoms with van der Waals surface area (Å²) in [6, 6.07) is 6.69. The molecule has 1 amide bonds. The molecule has 1 saturated heterocycles. The van der Waals surface area contributed by atoms with E-state index in [1.54, 1.807) is 0 Å². The van der Waals surface area contributed by atoms with Gasteiger partial charge in [0.05, 0.1) is 0 Å². The number of benzene rings is 1. The van der Waals surface area contributed by atoms with E-state index in [2.05, 4.69) is 22.8 Å². The van der Waals surface area contributed by atoms with Gasteiger partial charge in [-0.3, -0.25) is 4.79 Å². The third-order valence-electron chi connectivity index (χ3n) is 4.54. The average molecular weight is 288 g/mol. The van der Waals surface area contributed by atoms with E-state index in [1.807, 2.05) is 13.1 Å². The van der Waals surface area contributed by atoms with Gasteiger partial charge in [-0.1, -0.05) is 6.07 Å². The zero-order valence-electron chi connectivity index (χ0n) is 12.7. The lowest BCUT2D eigenvalue weighted by molar-refractivity contribution is -0.127. The number of amides is 1. The standard InChI is InChI=1S/C17H24N2O2/c1-18-15-6-4-5-12-8-9-13(11-14(12)15)21-16-7-2-3-10-19-17(16)20/h8-9,11,15-16,18H,2-7,10H2,1H3,(H,19,20). The summed E-state index contributed by atoms with van der Waals surface area (Å²) in [5, 5.41) is 6.30. The molecule has 0 radical (unpaired) electrons. The van der Waals surface area contributed by atoms with Crippen molar-refractivity contribution in [2.24, 2.45) is 0 Å². The molecule has 2 unspecified atom stereocenters. The topological polar surface area (TPSA) is 50.4 Å². The van der Waals surface area contributed by atoms with Crippen LogP contribution in [0.1, 0.15) is 49.3 Å². The summed E-state index contributed by atoms with van der Waals surface area (Å²) in [5.74, 6) is 0.841. The van der Waals surface area contributed by atoms with Gasteiger partial charge in [0.25, 0.3) is 5.91 Å². The van der Waals surface area contributed by atoms with Crippen LogP contribution in [-0.2, 0) is 11.2 Å². The van der Waals surface area contributed by atoms with Crippen LogP contribution in [0.4, 0.5) is 0 Å². The molecule has 0 aromatic heterocycles. The van der Waals surface area contributed by atoms with E-state index in [0.29, 0.717) is 6.04 Å². The Morgan fingerprint density at radius 3 is 3.00 bits per heavy atom. The van der Waals surface area contributed by atoms with Gasteiger partial charge >= 0.3 is 0 Å². The molecule has 0 bridgehead atoms.